The molecule has 0 atom stereocenters. The Morgan fingerprint density at radius 1 is 1.14 bits per heavy atom. The molecule has 0 saturated carbocycles. The maximum atomic E-state index is 14.4. The van der Waals surface area contributed by atoms with Gasteiger partial charge in [-0.25, -0.2) is 9.38 Å². The van der Waals surface area contributed by atoms with Crippen LogP contribution < -0.4 is 9.47 Å². The predicted octanol–water partition coefficient (Wildman–Crippen LogP) is 9.22. The zero-order valence-electron chi connectivity index (χ0n) is 26.7. The Morgan fingerprint density at radius 2 is 1.88 bits per heavy atom. The number of unbranched alkanes of at least 4 members (excludes halogenated alkanes) is 1. The number of nitrogens with zero attached hydrogens (tertiary/aromatic N) is 1. The Morgan fingerprint density at radius 3 is 2.52 bits per heavy atom. The van der Waals surface area contributed by atoms with Crippen LogP contribution in [0, 0.1) is 30.0 Å². The number of ether oxygens (including phenoxy) is 2. The molecule has 2 aromatic carbocycles. The van der Waals surface area contributed by atoms with Crippen LogP contribution in [0.25, 0.3) is 5.57 Å². The minimum atomic E-state index is -0.295. The first kappa shape index (κ1) is 32.9. The van der Waals surface area contributed by atoms with Gasteiger partial charge in [0, 0.05) is 25.0 Å². The third-order valence-corrected chi connectivity index (χ3v) is 7.60. The van der Waals surface area contributed by atoms with Crippen molar-refractivity contribution in [3.63, 3.8) is 0 Å². The third-order valence-electron chi connectivity index (χ3n) is 7.60. The van der Waals surface area contributed by atoms with Crippen LogP contribution >= 0.6 is 0 Å². The monoisotopic (exact) mass is 571 g/mol. The molecule has 0 saturated heterocycles. The van der Waals surface area contributed by atoms with Gasteiger partial charge in [0.15, 0.2) is 17.3 Å². The van der Waals surface area contributed by atoms with E-state index in [4.69, 9.17) is 14.5 Å². The van der Waals surface area contributed by atoms with Gasteiger partial charge in [-0.05, 0) is 110 Å². The molecule has 0 unspecified atom stereocenters. The topological polar surface area (TPSA) is 47.9 Å². The summed E-state index contributed by atoms with van der Waals surface area (Å²) in [5.41, 5.74) is 5.70. The van der Waals surface area contributed by atoms with Gasteiger partial charge in [-0.3, -0.25) is 4.79 Å². The number of allylic oxidation sites excluding steroid dienone is 3. The van der Waals surface area contributed by atoms with Gasteiger partial charge in [-0.1, -0.05) is 39.5 Å². The molecule has 3 rings (SSSR count). The number of aryl methyl sites for hydroxylation is 2. The van der Waals surface area contributed by atoms with Crippen LogP contribution in [0.4, 0.5) is 4.39 Å². The van der Waals surface area contributed by atoms with Crippen molar-refractivity contribution in [1.29, 1.82) is 0 Å². The molecule has 224 valence electrons. The van der Waals surface area contributed by atoms with Gasteiger partial charge in [-0.2, -0.15) is 0 Å². The van der Waals surface area contributed by atoms with E-state index in [0.29, 0.717) is 59.7 Å². The van der Waals surface area contributed by atoms with Crippen molar-refractivity contribution in [2.24, 2.45) is 10.4 Å². The first-order valence-corrected chi connectivity index (χ1v) is 15.0. The van der Waals surface area contributed by atoms with E-state index in [2.05, 4.69) is 39.2 Å². The fourth-order valence-corrected chi connectivity index (χ4v) is 4.95. The van der Waals surface area contributed by atoms with E-state index in [1.54, 1.807) is 20.1 Å². The summed E-state index contributed by atoms with van der Waals surface area (Å²) in [6.45, 7) is 18.3. The van der Waals surface area contributed by atoms with E-state index in [1.807, 2.05) is 39.0 Å². The zero-order valence-corrected chi connectivity index (χ0v) is 26.7. The van der Waals surface area contributed by atoms with Crippen molar-refractivity contribution in [3.8, 4) is 23.3 Å². The number of methoxy groups -OCH3 is 1. The summed E-state index contributed by atoms with van der Waals surface area (Å²) in [7, 11) is 1.64. The molecule has 0 amide bonds. The first-order chi connectivity index (χ1) is 19.9. The van der Waals surface area contributed by atoms with Crippen molar-refractivity contribution >= 4 is 17.1 Å². The summed E-state index contributed by atoms with van der Waals surface area (Å²) >= 11 is 0. The Hall–Kier alpha value is -3.65. The van der Waals surface area contributed by atoms with Crippen molar-refractivity contribution < 1.29 is 18.7 Å². The second-order valence-corrected chi connectivity index (χ2v) is 12.2. The van der Waals surface area contributed by atoms with Crippen LogP contribution in [-0.2, 0) is 11.2 Å². The van der Waals surface area contributed by atoms with Crippen LogP contribution in [-0.4, -0.2) is 24.7 Å². The highest BCUT2D eigenvalue weighted by molar-refractivity contribution is 6.06. The number of benzene rings is 2. The van der Waals surface area contributed by atoms with Crippen LogP contribution in [0.2, 0.25) is 0 Å². The minimum Gasteiger partial charge on any atom is -0.493 e. The average Bonchev–Trinajstić information content (AvgIpc) is 2.94. The summed E-state index contributed by atoms with van der Waals surface area (Å²) in [5.74, 6) is 7.48. The molecule has 1 aliphatic carbocycles. The summed E-state index contributed by atoms with van der Waals surface area (Å²) in [5, 5.41) is 0. The Labute approximate surface area is 252 Å². The van der Waals surface area contributed by atoms with E-state index in [0.717, 1.165) is 41.5 Å². The Balaban J connectivity index is 2.05. The lowest BCUT2D eigenvalue weighted by Gasteiger charge is -2.26. The molecule has 42 heavy (non-hydrogen) atoms. The summed E-state index contributed by atoms with van der Waals surface area (Å²) in [4.78, 5) is 18.9. The lowest BCUT2D eigenvalue weighted by Crippen LogP contribution is -2.17. The molecule has 0 heterocycles. The van der Waals surface area contributed by atoms with Gasteiger partial charge in [0.2, 0.25) is 0 Å². The highest BCUT2D eigenvalue weighted by atomic mass is 19.1. The normalized spacial score (nSPS) is 14.7. The number of carbonyl (C=O) groups is 1. The quantitative estimate of drug-likeness (QED) is 0.153. The predicted molar refractivity (Wildman–Crippen MR) is 172 cm³/mol. The summed E-state index contributed by atoms with van der Waals surface area (Å²) < 4.78 is 26.1. The average molecular weight is 572 g/mol. The van der Waals surface area contributed by atoms with Gasteiger partial charge in [0.1, 0.15) is 11.5 Å². The molecule has 0 fully saturated rings. The number of hydrogen-bond donors (Lipinski definition) is 0. The fourth-order valence-electron chi connectivity index (χ4n) is 4.95. The fraction of sp³-hybridized carbons (Fsp3) is 0.459. The minimum absolute atomic E-state index is 0.0295. The number of ketones is 1. The summed E-state index contributed by atoms with van der Waals surface area (Å²) in [6, 6.07) is 9.02. The van der Waals surface area contributed by atoms with E-state index < -0.39 is 0 Å². The molecule has 0 aromatic heterocycles. The van der Waals surface area contributed by atoms with Crippen LogP contribution in [0.1, 0.15) is 102 Å². The third kappa shape index (κ3) is 8.44. The zero-order chi connectivity index (χ0) is 31.0. The van der Waals surface area contributed by atoms with Gasteiger partial charge >= 0.3 is 0 Å². The second-order valence-electron chi connectivity index (χ2n) is 12.2. The number of rotatable bonds is 11. The first-order valence-electron chi connectivity index (χ1n) is 15.0. The van der Waals surface area contributed by atoms with Gasteiger partial charge in [0.05, 0.1) is 13.2 Å². The molecule has 0 spiro atoms. The van der Waals surface area contributed by atoms with Crippen molar-refractivity contribution in [2.45, 2.75) is 99.5 Å². The lowest BCUT2D eigenvalue weighted by atomic mass is 9.80. The van der Waals surface area contributed by atoms with E-state index in [1.165, 1.54) is 6.07 Å². The largest absolute Gasteiger partial charge is 0.493 e. The van der Waals surface area contributed by atoms with Gasteiger partial charge in [0.25, 0.3) is 0 Å². The molecule has 0 aliphatic heterocycles. The number of aliphatic imine (C=N–C) groups is 1. The molecule has 5 heteroatoms. The molecule has 2 aromatic rings. The number of carbonyl (C=O) groups excluding carboxylic acids is 1. The molecular weight excluding hydrogens is 525 g/mol. The van der Waals surface area contributed by atoms with E-state index in [9.17, 15) is 9.18 Å². The Bertz CT molecular complexity index is 1450. The molecule has 0 radical (unpaired) electrons. The van der Waals surface area contributed by atoms with Gasteiger partial charge in [-0.15, -0.1) is 11.8 Å². The highest BCUT2D eigenvalue weighted by Gasteiger charge is 2.27. The molecule has 0 bridgehead atoms. The molecule has 0 N–H and O–H groups in total. The van der Waals surface area contributed by atoms with E-state index >= 15 is 0 Å². The summed E-state index contributed by atoms with van der Waals surface area (Å²) in [6.07, 6.45) is 4.98. The SMILES string of the molecule is C=C1/C(=C(\N=C(C)c2ccc(C)c(F)c2)C(=O)CCC(C)(C)CC#CCCC)CCc2cc(OC)c(OC(C)C)cc21. The van der Waals surface area contributed by atoms with Crippen molar-refractivity contribution in [2.75, 3.05) is 7.11 Å². The van der Waals surface area contributed by atoms with Crippen LogP contribution in [0.15, 0.2) is 53.2 Å². The smallest absolute Gasteiger partial charge is 0.181 e. The lowest BCUT2D eigenvalue weighted by molar-refractivity contribution is -0.116. The highest BCUT2D eigenvalue weighted by Crippen LogP contribution is 2.42. The van der Waals surface area contributed by atoms with Gasteiger partial charge < -0.3 is 9.47 Å². The number of fused-ring (bicyclic) bond motifs is 1. The van der Waals surface area contributed by atoms with Crippen LogP contribution in [0.5, 0.6) is 11.5 Å². The Kier molecular flexibility index (Phi) is 11.3. The van der Waals surface area contributed by atoms with E-state index in [-0.39, 0.29) is 23.1 Å². The number of hydrogen-bond acceptors (Lipinski definition) is 4. The van der Waals surface area contributed by atoms with Crippen LogP contribution in [0.3, 0.4) is 0 Å². The molecule has 4 nitrogen and oxygen atoms in total. The maximum Gasteiger partial charge on any atom is 0.181 e. The molecular formula is C37H46FNO3. The van der Waals surface area contributed by atoms with Crippen molar-refractivity contribution in [3.05, 3.63) is 76.3 Å². The number of halogens is 1. The molecule has 1 aliphatic rings. The van der Waals surface area contributed by atoms with Crippen molar-refractivity contribution in [1.82, 2.24) is 0 Å². The standard InChI is InChI=1S/C37H46FNO3/c1-10-11-12-13-19-37(7,8)20-18-33(40)36(39-27(6)28-15-14-25(4)32(38)21-28)30-17-16-29-22-34(41-9)35(42-24(2)3)23-31(29)26(30)5/h14-15,21-24H,5,10-11,16-20H2,1-4,6-9H3/b36-30-,39-27?. The maximum absolute atomic E-state index is 14.4. The second kappa shape index (κ2) is 14.5. The number of Topliss-reactive ketones (excluding diaryl/α,β-unsaturated/α-hetero) is 1.